The molecule has 0 aromatic carbocycles. The molecule has 0 radical (unpaired) electrons. The molecule has 166 valence electrons. The van der Waals surface area contributed by atoms with Gasteiger partial charge in [0, 0.05) is 20.1 Å². The zero-order valence-corrected chi connectivity index (χ0v) is 18.2. The Morgan fingerprint density at radius 3 is 2.53 bits per heavy atom. The molecule has 0 aromatic rings. The van der Waals surface area contributed by atoms with Gasteiger partial charge in [-0.1, -0.05) is 12.2 Å². The summed E-state index contributed by atoms with van der Waals surface area (Å²) in [5.74, 6) is -3.15. The zero-order valence-electron chi connectivity index (χ0n) is 18.2. The summed E-state index contributed by atoms with van der Waals surface area (Å²) in [6, 6.07) is 0. The summed E-state index contributed by atoms with van der Waals surface area (Å²) in [6.07, 6.45) is 3.44. The van der Waals surface area contributed by atoms with Crippen LogP contribution in [0.1, 0.15) is 45.4 Å². The molecule has 30 heavy (non-hydrogen) atoms. The lowest BCUT2D eigenvalue weighted by molar-refractivity contribution is -0.446. The van der Waals surface area contributed by atoms with E-state index in [9.17, 15) is 14.7 Å². The highest BCUT2D eigenvalue weighted by atomic mass is 16.9. The van der Waals surface area contributed by atoms with Crippen LogP contribution in [0.15, 0.2) is 12.2 Å². The van der Waals surface area contributed by atoms with E-state index in [0.717, 1.165) is 19.3 Å². The molecule has 7 heteroatoms. The minimum absolute atomic E-state index is 0.0133. The number of hydrogen-bond acceptors (Lipinski definition) is 7. The molecule has 4 bridgehead atoms. The number of esters is 2. The Hall–Kier alpha value is -1.44. The van der Waals surface area contributed by atoms with Crippen molar-refractivity contribution in [3.8, 4) is 0 Å². The monoisotopic (exact) mass is 420 g/mol. The van der Waals surface area contributed by atoms with Crippen molar-refractivity contribution in [2.24, 2.45) is 39.9 Å². The van der Waals surface area contributed by atoms with E-state index >= 15 is 0 Å². The maximum atomic E-state index is 13.8. The first-order valence-corrected chi connectivity index (χ1v) is 11.0. The number of methoxy groups -OCH3 is 3. The number of aliphatic hydroxyl groups is 1. The van der Waals surface area contributed by atoms with Gasteiger partial charge < -0.3 is 24.1 Å². The van der Waals surface area contributed by atoms with E-state index < -0.39 is 40.2 Å². The van der Waals surface area contributed by atoms with Crippen molar-refractivity contribution in [1.82, 2.24) is 0 Å². The molecule has 5 rings (SSSR count). The summed E-state index contributed by atoms with van der Waals surface area (Å²) in [5.41, 5.74) is -1.21. The largest absolute Gasteiger partial charge is 0.469 e. The number of hydrogen-bond donors (Lipinski definition) is 1. The van der Waals surface area contributed by atoms with Gasteiger partial charge in [0.1, 0.15) is 0 Å². The number of cyclic esters (lactones) is 1. The third kappa shape index (κ3) is 1.90. The highest BCUT2D eigenvalue weighted by molar-refractivity contribution is 5.85. The number of rotatable bonds is 3. The maximum Gasteiger partial charge on any atom is 0.337 e. The Morgan fingerprint density at radius 2 is 1.90 bits per heavy atom. The van der Waals surface area contributed by atoms with E-state index in [1.54, 1.807) is 0 Å². The molecule has 1 heterocycles. The number of carbonyl (C=O) groups excluding carboxylic acids is 2. The first-order valence-electron chi connectivity index (χ1n) is 11.0. The van der Waals surface area contributed by atoms with Crippen LogP contribution in [0.2, 0.25) is 0 Å². The SMILES string of the molecule is C=C1CC23CC1CCC2C12CCC(O)C(C)(C1C3C(=O)OC)C(OC)(OC)OC2=O. The van der Waals surface area contributed by atoms with E-state index in [1.807, 2.05) is 6.92 Å². The first-order chi connectivity index (χ1) is 14.2. The predicted molar refractivity (Wildman–Crippen MR) is 105 cm³/mol. The highest BCUT2D eigenvalue weighted by Crippen LogP contribution is 2.80. The molecule has 0 aromatic heterocycles. The van der Waals surface area contributed by atoms with E-state index in [2.05, 4.69) is 6.58 Å². The van der Waals surface area contributed by atoms with Crippen LogP contribution < -0.4 is 0 Å². The smallest absolute Gasteiger partial charge is 0.337 e. The first kappa shape index (κ1) is 20.5. The lowest BCUT2D eigenvalue weighted by atomic mass is 9.49. The average molecular weight is 421 g/mol. The fraction of sp³-hybridized carbons (Fsp3) is 0.826. The molecule has 5 aliphatic rings. The van der Waals surface area contributed by atoms with E-state index in [4.69, 9.17) is 18.9 Å². The second kappa shape index (κ2) is 6.08. The fourth-order valence-electron chi connectivity index (χ4n) is 8.83. The van der Waals surface area contributed by atoms with Crippen molar-refractivity contribution < 1.29 is 33.6 Å². The molecule has 0 amide bonds. The number of ether oxygens (including phenoxy) is 4. The Balaban J connectivity index is 1.81. The second-order valence-corrected chi connectivity index (χ2v) is 10.3. The molecule has 1 spiro atoms. The zero-order chi connectivity index (χ0) is 21.7. The molecule has 8 atom stereocenters. The van der Waals surface area contributed by atoms with Crippen LogP contribution in [0, 0.1) is 39.9 Å². The number of fused-ring (bicyclic) bond motifs is 1. The van der Waals surface area contributed by atoms with Crippen molar-refractivity contribution in [2.75, 3.05) is 21.3 Å². The Labute approximate surface area is 177 Å². The topological polar surface area (TPSA) is 91.3 Å². The lowest BCUT2D eigenvalue weighted by Gasteiger charge is -2.62. The molecular formula is C23H32O7. The Bertz CT molecular complexity index is 818. The van der Waals surface area contributed by atoms with Gasteiger partial charge in [-0.05, 0) is 62.7 Å². The molecule has 8 unspecified atom stereocenters. The van der Waals surface area contributed by atoms with Gasteiger partial charge >= 0.3 is 17.9 Å². The second-order valence-electron chi connectivity index (χ2n) is 10.3. The van der Waals surface area contributed by atoms with E-state index in [1.165, 1.54) is 26.9 Å². The highest BCUT2D eigenvalue weighted by Gasteiger charge is 2.85. The van der Waals surface area contributed by atoms with Crippen molar-refractivity contribution in [3.63, 3.8) is 0 Å². The lowest BCUT2D eigenvalue weighted by Crippen LogP contribution is -2.73. The molecule has 7 nitrogen and oxygen atoms in total. The molecule has 5 fully saturated rings. The minimum Gasteiger partial charge on any atom is -0.469 e. The van der Waals surface area contributed by atoms with Crippen LogP contribution in [0.3, 0.4) is 0 Å². The average Bonchev–Trinajstić information content (AvgIpc) is 3.15. The van der Waals surface area contributed by atoms with E-state index in [-0.39, 0.29) is 17.9 Å². The van der Waals surface area contributed by atoms with Crippen molar-refractivity contribution in [2.45, 2.75) is 57.5 Å². The van der Waals surface area contributed by atoms with Crippen molar-refractivity contribution >= 4 is 11.9 Å². The molecule has 1 saturated heterocycles. The normalized spacial score (nSPS) is 50.5. The minimum atomic E-state index is -1.76. The summed E-state index contributed by atoms with van der Waals surface area (Å²) >= 11 is 0. The fourth-order valence-corrected chi connectivity index (χ4v) is 8.83. The van der Waals surface area contributed by atoms with Gasteiger partial charge in [-0.2, -0.15) is 0 Å². The molecule has 4 saturated carbocycles. The van der Waals surface area contributed by atoms with Gasteiger partial charge in [0.25, 0.3) is 0 Å². The van der Waals surface area contributed by atoms with Crippen LogP contribution in [-0.4, -0.2) is 50.5 Å². The van der Waals surface area contributed by atoms with Crippen LogP contribution in [0.5, 0.6) is 0 Å². The van der Waals surface area contributed by atoms with Crippen molar-refractivity contribution in [1.29, 1.82) is 0 Å². The van der Waals surface area contributed by atoms with Gasteiger partial charge in [0.2, 0.25) is 0 Å². The number of allylic oxidation sites excluding steroid dienone is 1. The van der Waals surface area contributed by atoms with Gasteiger partial charge in [-0.25, -0.2) is 0 Å². The third-order valence-electron chi connectivity index (χ3n) is 9.82. The third-order valence-corrected chi connectivity index (χ3v) is 9.82. The van der Waals surface area contributed by atoms with Gasteiger partial charge in [0.05, 0.1) is 30.0 Å². The maximum absolute atomic E-state index is 13.8. The number of carbonyl (C=O) groups is 2. The molecule has 4 aliphatic carbocycles. The molecule has 1 aliphatic heterocycles. The van der Waals surface area contributed by atoms with Crippen molar-refractivity contribution in [3.05, 3.63) is 12.2 Å². The van der Waals surface area contributed by atoms with Crippen LogP contribution in [0.25, 0.3) is 0 Å². The van der Waals surface area contributed by atoms with Crippen LogP contribution in [0.4, 0.5) is 0 Å². The summed E-state index contributed by atoms with van der Waals surface area (Å²) in [4.78, 5) is 27.2. The summed E-state index contributed by atoms with van der Waals surface area (Å²) in [5, 5.41) is 11.3. The Morgan fingerprint density at radius 1 is 1.20 bits per heavy atom. The predicted octanol–water partition coefficient (Wildman–Crippen LogP) is 2.42. The standard InChI is InChI=1S/C23H32O7/c1-12-10-21-11-13(12)6-7-14(21)22-9-8-15(24)20(2,17(22)16(21)18(25)27-3)23(28-4,29-5)30-19(22)26/h13-17,24H,1,6-11H2,2-5H3. The van der Waals surface area contributed by atoms with Gasteiger partial charge in [0.15, 0.2) is 0 Å². The molecular weight excluding hydrogens is 388 g/mol. The number of aliphatic hydroxyl groups excluding tert-OH is 1. The summed E-state index contributed by atoms with van der Waals surface area (Å²) in [6.45, 7) is 6.17. The quantitative estimate of drug-likeness (QED) is 0.426. The van der Waals surface area contributed by atoms with E-state index in [0.29, 0.717) is 25.2 Å². The van der Waals surface area contributed by atoms with Gasteiger partial charge in [-0.15, -0.1) is 0 Å². The van der Waals surface area contributed by atoms with Crippen LogP contribution in [-0.2, 0) is 28.5 Å². The summed E-state index contributed by atoms with van der Waals surface area (Å²) in [7, 11) is 4.23. The Kier molecular flexibility index (Phi) is 4.15. The van der Waals surface area contributed by atoms with Crippen LogP contribution >= 0.6 is 0 Å². The molecule has 1 N–H and O–H groups in total. The summed E-state index contributed by atoms with van der Waals surface area (Å²) < 4.78 is 22.6. The van der Waals surface area contributed by atoms with Gasteiger partial charge in [-0.3, -0.25) is 9.59 Å².